The summed E-state index contributed by atoms with van der Waals surface area (Å²) in [6.45, 7) is 2.10. The van der Waals surface area contributed by atoms with Gasteiger partial charge in [0.05, 0.1) is 28.8 Å². The van der Waals surface area contributed by atoms with Crippen molar-refractivity contribution in [2.24, 2.45) is 7.05 Å². The van der Waals surface area contributed by atoms with Gasteiger partial charge in [-0.05, 0) is 67.6 Å². The van der Waals surface area contributed by atoms with Crippen molar-refractivity contribution < 1.29 is 0 Å². The number of para-hydroxylation sites is 2. The van der Waals surface area contributed by atoms with Crippen LogP contribution in [0.2, 0.25) is 0 Å². The summed E-state index contributed by atoms with van der Waals surface area (Å²) < 4.78 is 4.24. The first-order valence-electron chi connectivity index (χ1n) is 15.2. The summed E-state index contributed by atoms with van der Waals surface area (Å²) in [5.74, 6) is 0. The van der Waals surface area contributed by atoms with E-state index in [1.807, 2.05) is 29.1 Å². The highest BCUT2D eigenvalue weighted by Crippen LogP contribution is 2.38. The quantitative estimate of drug-likeness (QED) is 0.196. The van der Waals surface area contributed by atoms with Crippen molar-refractivity contribution in [3.05, 3.63) is 157 Å². The molecule has 0 unspecified atom stereocenters. The van der Waals surface area contributed by atoms with Crippen molar-refractivity contribution in [2.75, 3.05) is 4.90 Å². The van der Waals surface area contributed by atoms with Crippen LogP contribution in [-0.4, -0.2) is 19.3 Å². The van der Waals surface area contributed by atoms with Crippen LogP contribution < -0.4 is 4.90 Å². The van der Waals surface area contributed by atoms with Crippen LogP contribution in [0.5, 0.6) is 0 Å². The SMILES string of the molecule is Cc1cc(-c2ccccc2)nn1-c1cccc(N(c2ccccc2)c2cccc(-c3cc4c5ccccc5n(C)c4cn3)c2)c1. The lowest BCUT2D eigenvalue weighted by Gasteiger charge is -2.26. The molecule has 0 bridgehead atoms. The third-order valence-electron chi connectivity index (χ3n) is 8.50. The zero-order valence-electron chi connectivity index (χ0n) is 25.2. The van der Waals surface area contributed by atoms with Crippen molar-refractivity contribution in [1.29, 1.82) is 0 Å². The molecule has 0 radical (unpaired) electrons. The van der Waals surface area contributed by atoms with Crippen molar-refractivity contribution in [3.63, 3.8) is 0 Å². The van der Waals surface area contributed by atoms with Gasteiger partial charge in [0.25, 0.3) is 0 Å². The van der Waals surface area contributed by atoms with Crippen molar-refractivity contribution in [3.8, 4) is 28.2 Å². The average Bonchev–Trinajstić information content (AvgIpc) is 3.63. The molecule has 5 heteroatoms. The van der Waals surface area contributed by atoms with E-state index in [0.717, 1.165) is 56.5 Å². The molecule has 3 aromatic heterocycles. The molecule has 0 saturated heterocycles. The molecular weight excluding hydrogens is 550 g/mol. The minimum absolute atomic E-state index is 0.947. The maximum absolute atomic E-state index is 4.99. The van der Waals surface area contributed by atoms with Crippen LogP contribution in [0.3, 0.4) is 0 Å². The fourth-order valence-electron chi connectivity index (χ4n) is 6.29. The predicted molar refractivity (Wildman–Crippen MR) is 186 cm³/mol. The van der Waals surface area contributed by atoms with Gasteiger partial charge in [-0.3, -0.25) is 4.98 Å². The van der Waals surface area contributed by atoms with E-state index in [4.69, 9.17) is 10.1 Å². The van der Waals surface area contributed by atoms with E-state index in [2.05, 4.69) is 151 Å². The number of hydrogen-bond acceptors (Lipinski definition) is 3. The summed E-state index contributed by atoms with van der Waals surface area (Å²) in [6, 6.07) is 50.9. The lowest BCUT2D eigenvalue weighted by molar-refractivity contribution is 0.850. The minimum atomic E-state index is 0.947. The van der Waals surface area contributed by atoms with Crippen LogP contribution in [0.25, 0.3) is 50.0 Å². The number of aromatic nitrogens is 4. The van der Waals surface area contributed by atoms with E-state index < -0.39 is 0 Å². The van der Waals surface area contributed by atoms with Gasteiger partial charge < -0.3 is 9.47 Å². The Kier molecular flexibility index (Phi) is 6.50. The highest BCUT2D eigenvalue weighted by molar-refractivity contribution is 6.08. The van der Waals surface area contributed by atoms with Gasteiger partial charge in [-0.25, -0.2) is 4.68 Å². The Morgan fingerprint density at radius 2 is 1.20 bits per heavy atom. The summed E-state index contributed by atoms with van der Waals surface area (Å²) in [5, 5.41) is 7.43. The number of anilines is 3. The minimum Gasteiger partial charge on any atom is -0.342 e. The monoisotopic (exact) mass is 581 g/mol. The summed E-state index contributed by atoms with van der Waals surface area (Å²) in [6.07, 6.45) is 1.99. The molecule has 0 aliphatic carbocycles. The first kappa shape index (κ1) is 26.7. The van der Waals surface area contributed by atoms with Gasteiger partial charge in [0.2, 0.25) is 0 Å². The number of aryl methyl sites for hydroxylation is 2. The van der Waals surface area contributed by atoms with Gasteiger partial charge in [0.1, 0.15) is 0 Å². The fourth-order valence-corrected chi connectivity index (χ4v) is 6.29. The summed E-state index contributed by atoms with van der Waals surface area (Å²) in [7, 11) is 2.10. The lowest BCUT2D eigenvalue weighted by Crippen LogP contribution is -2.11. The van der Waals surface area contributed by atoms with Crippen molar-refractivity contribution in [1.82, 2.24) is 19.3 Å². The molecule has 0 aliphatic heterocycles. The number of hydrogen-bond donors (Lipinski definition) is 0. The number of nitrogens with zero attached hydrogens (tertiary/aromatic N) is 5. The Bertz CT molecular complexity index is 2300. The molecule has 0 spiro atoms. The van der Waals surface area contributed by atoms with Gasteiger partial charge in [-0.15, -0.1) is 0 Å². The maximum atomic E-state index is 4.99. The number of benzene rings is 5. The normalized spacial score (nSPS) is 11.3. The van der Waals surface area contributed by atoms with Gasteiger partial charge in [0.15, 0.2) is 0 Å². The zero-order chi connectivity index (χ0) is 30.3. The second-order valence-corrected chi connectivity index (χ2v) is 11.4. The first-order valence-corrected chi connectivity index (χ1v) is 15.2. The lowest BCUT2D eigenvalue weighted by atomic mass is 10.1. The number of rotatable bonds is 6. The molecule has 8 rings (SSSR count). The van der Waals surface area contributed by atoms with Crippen LogP contribution in [0.15, 0.2) is 152 Å². The van der Waals surface area contributed by atoms with Crippen LogP contribution in [-0.2, 0) is 7.05 Å². The van der Waals surface area contributed by atoms with E-state index in [9.17, 15) is 0 Å². The highest BCUT2D eigenvalue weighted by atomic mass is 15.3. The number of fused-ring (bicyclic) bond motifs is 3. The molecule has 0 atom stereocenters. The topological polar surface area (TPSA) is 38.9 Å². The van der Waals surface area contributed by atoms with E-state index in [-0.39, 0.29) is 0 Å². The summed E-state index contributed by atoms with van der Waals surface area (Å²) >= 11 is 0. The Morgan fingerprint density at radius 3 is 2.02 bits per heavy atom. The Labute approximate surface area is 262 Å². The van der Waals surface area contributed by atoms with Crippen LogP contribution >= 0.6 is 0 Å². The molecule has 216 valence electrons. The van der Waals surface area contributed by atoms with Crippen molar-refractivity contribution >= 4 is 38.9 Å². The van der Waals surface area contributed by atoms with Gasteiger partial charge in [-0.2, -0.15) is 5.10 Å². The Morgan fingerprint density at radius 1 is 0.533 bits per heavy atom. The fraction of sp³-hybridized carbons (Fsp3) is 0.0500. The van der Waals surface area contributed by atoms with Crippen LogP contribution in [0.4, 0.5) is 17.1 Å². The maximum Gasteiger partial charge on any atom is 0.0930 e. The third-order valence-corrected chi connectivity index (χ3v) is 8.50. The molecule has 45 heavy (non-hydrogen) atoms. The summed E-state index contributed by atoms with van der Waals surface area (Å²) in [5.41, 5.74) is 11.7. The van der Waals surface area contributed by atoms with Crippen LogP contribution in [0.1, 0.15) is 5.69 Å². The standard InChI is InChI=1S/C40H31N5/c1-28-23-38(29-13-5-3-6-14-29)42-45(28)34-20-12-19-33(25-34)44(31-16-7-4-8-17-31)32-18-11-15-30(24-32)37-26-36-35-21-9-10-22-39(35)43(2)40(36)27-41-37/h3-27H,1-2H3. The predicted octanol–water partition coefficient (Wildman–Crippen LogP) is 10.0. The second kappa shape index (κ2) is 11.0. The molecule has 0 N–H and O–H groups in total. The molecule has 8 aromatic rings. The molecule has 0 amide bonds. The van der Waals surface area contributed by atoms with E-state index in [0.29, 0.717) is 0 Å². The van der Waals surface area contributed by atoms with Gasteiger partial charge >= 0.3 is 0 Å². The molecule has 5 aromatic carbocycles. The first-order chi connectivity index (χ1) is 22.1. The van der Waals surface area contributed by atoms with E-state index >= 15 is 0 Å². The summed E-state index contributed by atoms with van der Waals surface area (Å²) in [4.78, 5) is 7.21. The average molecular weight is 582 g/mol. The molecule has 3 heterocycles. The third kappa shape index (κ3) is 4.75. The molecule has 5 nitrogen and oxygen atoms in total. The van der Waals surface area contributed by atoms with Gasteiger partial charge in [0, 0.05) is 57.2 Å². The zero-order valence-corrected chi connectivity index (χ0v) is 25.2. The molecular formula is C40H31N5. The largest absolute Gasteiger partial charge is 0.342 e. The Hall–Kier alpha value is -5.94. The van der Waals surface area contributed by atoms with E-state index in [1.54, 1.807) is 0 Å². The smallest absolute Gasteiger partial charge is 0.0930 e. The molecule has 0 saturated carbocycles. The Balaban J connectivity index is 1.22. The van der Waals surface area contributed by atoms with Crippen LogP contribution in [0, 0.1) is 6.92 Å². The number of pyridine rings is 1. The molecule has 0 fully saturated rings. The molecule has 0 aliphatic rings. The van der Waals surface area contributed by atoms with Crippen molar-refractivity contribution in [2.45, 2.75) is 6.92 Å². The highest BCUT2D eigenvalue weighted by Gasteiger charge is 2.17. The van der Waals surface area contributed by atoms with E-state index in [1.165, 1.54) is 16.3 Å². The van der Waals surface area contributed by atoms with Gasteiger partial charge in [-0.1, -0.05) is 84.9 Å². The second-order valence-electron chi connectivity index (χ2n) is 11.4.